The first kappa shape index (κ1) is 18.4. The Hall–Kier alpha value is -2.35. The highest BCUT2D eigenvalue weighted by Crippen LogP contribution is 2.27. The van der Waals surface area contributed by atoms with Crippen LogP contribution in [0, 0.1) is 12.8 Å². The second kappa shape index (κ2) is 7.49. The zero-order valence-electron chi connectivity index (χ0n) is 14.6. The Morgan fingerprint density at radius 2 is 1.85 bits per heavy atom. The molecule has 1 heterocycles. The molecule has 7 nitrogen and oxygen atoms in total. The zero-order chi connectivity index (χ0) is 18.7. The molecule has 0 bridgehead atoms. The summed E-state index contributed by atoms with van der Waals surface area (Å²) in [4.78, 5) is 24.4. The van der Waals surface area contributed by atoms with Crippen molar-refractivity contribution in [2.45, 2.75) is 38.6 Å². The lowest BCUT2D eigenvalue weighted by atomic mass is 10.1. The van der Waals surface area contributed by atoms with E-state index < -0.39 is 21.9 Å². The third kappa shape index (κ3) is 4.63. The number of sulfone groups is 1. The molecule has 0 spiro atoms. The summed E-state index contributed by atoms with van der Waals surface area (Å²) in [5, 5.41) is 9.34. The van der Waals surface area contributed by atoms with E-state index in [-0.39, 0.29) is 17.6 Å². The first-order chi connectivity index (χ1) is 12.3. The molecule has 1 fully saturated rings. The van der Waals surface area contributed by atoms with Crippen molar-refractivity contribution >= 4 is 33.2 Å². The van der Waals surface area contributed by atoms with Crippen molar-refractivity contribution in [1.29, 1.82) is 0 Å². The van der Waals surface area contributed by atoms with Gasteiger partial charge in [-0.15, -0.1) is 0 Å². The molecule has 0 aromatic heterocycles. The van der Waals surface area contributed by atoms with Crippen LogP contribution in [0.1, 0.15) is 31.2 Å². The van der Waals surface area contributed by atoms with Gasteiger partial charge in [-0.1, -0.05) is 18.9 Å². The topological polar surface area (TPSA) is 104 Å². The van der Waals surface area contributed by atoms with E-state index in [9.17, 15) is 18.0 Å². The quantitative estimate of drug-likeness (QED) is 0.750. The fourth-order valence-corrected chi connectivity index (χ4v) is 4.49. The lowest BCUT2D eigenvalue weighted by Crippen LogP contribution is -2.38. The Bertz CT molecular complexity index is 842. The number of aryl methyl sites for hydroxylation is 1. The fourth-order valence-electron chi connectivity index (χ4n) is 3.26. The molecule has 0 unspecified atom stereocenters. The van der Waals surface area contributed by atoms with Gasteiger partial charge in [0.05, 0.1) is 11.8 Å². The van der Waals surface area contributed by atoms with Crippen LogP contribution >= 0.6 is 0 Å². The highest BCUT2D eigenvalue weighted by Gasteiger charge is 2.24. The fraction of sp³-hybridized carbons (Fsp3) is 0.444. The Morgan fingerprint density at radius 3 is 2.50 bits per heavy atom. The molecular weight excluding hydrogens is 354 g/mol. The molecule has 26 heavy (non-hydrogen) atoms. The maximum Gasteiger partial charge on any atom is 0.319 e. The number of carbonyl (C=O) groups is 2. The normalized spacial score (nSPS) is 21.5. The summed E-state index contributed by atoms with van der Waals surface area (Å²) in [5.74, 6) is -0.0456. The summed E-state index contributed by atoms with van der Waals surface area (Å²) in [5.41, 5.74) is 2.11. The molecule has 1 aromatic rings. The molecule has 1 aliphatic heterocycles. The third-order valence-electron chi connectivity index (χ3n) is 4.73. The van der Waals surface area contributed by atoms with Gasteiger partial charge in [0, 0.05) is 22.7 Å². The monoisotopic (exact) mass is 377 g/mol. The van der Waals surface area contributed by atoms with Crippen LogP contribution in [0.4, 0.5) is 16.2 Å². The highest BCUT2D eigenvalue weighted by molar-refractivity contribution is 7.94. The standard InChI is InChI=1S/C18H23N3O4S/c1-12-6-7-14(10-16(12)21-17(22)13-4-2-3-5-13)19-18(23)20-15-8-9-26(24,25)11-15/h6-10,13,15H,2-5,11H2,1H3,(H,21,22)(H2,19,20,23)/t15-/m1/s1. The van der Waals surface area contributed by atoms with Crippen molar-refractivity contribution in [3.63, 3.8) is 0 Å². The molecular formula is C18H23N3O4S. The van der Waals surface area contributed by atoms with Gasteiger partial charge >= 0.3 is 6.03 Å². The van der Waals surface area contributed by atoms with Gasteiger partial charge in [0.25, 0.3) is 0 Å². The van der Waals surface area contributed by atoms with Gasteiger partial charge in [0.2, 0.25) is 5.91 Å². The summed E-state index contributed by atoms with van der Waals surface area (Å²) >= 11 is 0. The molecule has 1 aromatic carbocycles. The van der Waals surface area contributed by atoms with Gasteiger partial charge in [-0.3, -0.25) is 4.79 Å². The number of hydrogen-bond acceptors (Lipinski definition) is 4. The van der Waals surface area contributed by atoms with E-state index in [1.807, 2.05) is 13.0 Å². The minimum Gasteiger partial charge on any atom is -0.331 e. The second-order valence-electron chi connectivity index (χ2n) is 6.86. The van der Waals surface area contributed by atoms with Crippen LogP contribution in [0.5, 0.6) is 0 Å². The predicted molar refractivity (Wildman–Crippen MR) is 101 cm³/mol. The Labute approximate surface area is 153 Å². The molecule has 0 radical (unpaired) electrons. The van der Waals surface area contributed by atoms with Crippen molar-refractivity contribution in [3.05, 3.63) is 35.2 Å². The SMILES string of the molecule is Cc1ccc(NC(=O)N[C@@H]2C=CS(=O)(=O)C2)cc1NC(=O)C1CCCC1. The first-order valence-corrected chi connectivity index (χ1v) is 10.4. The molecule has 1 saturated carbocycles. The molecule has 3 amide bonds. The van der Waals surface area contributed by atoms with Crippen LogP contribution in [0.3, 0.4) is 0 Å². The Balaban J connectivity index is 1.60. The summed E-state index contributed by atoms with van der Waals surface area (Å²) in [6.07, 6.45) is 5.47. The van der Waals surface area contributed by atoms with Crippen LogP contribution in [0.15, 0.2) is 29.7 Å². The van der Waals surface area contributed by atoms with E-state index in [0.717, 1.165) is 36.7 Å². The molecule has 1 aliphatic carbocycles. The second-order valence-corrected chi connectivity index (χ2v) is 8.79. The average Bonchev–Trinajstić information content (AvgIpc) is 3.20. The first-order valence-electron chi connectivity index (χ1n) is 8.72. The molecule has 140 valence electrons. The van der Waals surface area contributed by atoms with Crippen molar-refractivity contribution in [2.24, 2.45) is 5.92 Å². The van der Waals surface area contributed by atoms with Gasteiger partial charge in [-0.05, 0) is 43.5 Å². The number of carbonyl (C=O) groups excluding carboxylic acids is 2. The van der Waals surface area contributed by atoms with Crippen molar-refractivity contribution < 1.29 is 18.0 Å². The van der Waals surface area contributed by atoms with E-state index in [2.05, 4.69) is 16.0 Å². The van der Waals surface area contributed by atoms with Crippen molar-refractivity contribution in [1.82, 2.24) is 5.32 Å². The van der Waals surface area contributed by atoms with Crippen LogP contribution in [-0.2, 0) is 14.6 Å². The minimum atomic E-state index is -3.22. The Morgan fingerprint density at radius 1 is 1.12 bits per heavy atom. The summed E-state index contributed by atoms with van der Waals surface area (Å²) in [6.45, 7) is 1.89. The number of nitrogens with one attached hydrogen (secondary N) is 3. The maximum atomic E-state index is 12.3. The number of anilines is 2. The third-order valence-corrected chi connectivity index (χ3v) is 6.12. The average molecular weight is 377 g/mol. The lowest BCUT2D eigenvalue weighted by molar-refractivity contribution is -0.119. The van der Waals surface area contributed by atoms with Crippen LogP contribution < -0.4 is 16.0 Å². The number of urea groups is 1. The maximum absolute atomic E-state index is 12.3. The molecule has 3 rings (SSSR count). The largest absolute Gasteiger partial charge is 0.331 e. The van der Waals surface area contributed by atoms with Gasteiger partial charge in [0.15, 0.2) is 9.84 Å². The predicted octanol–water partition coefficient (Wildman–Crippen LogP) is 2.56. The van der Waals surface area contributed by atoms with E-state index in [4.69, 9.17) is 0 Å². The van der Waals surface area contributed by atoms with Crippen molar-refractivity contribution in [3.8, 4) is 0 Å². The van der Waals surface area contributed by atoms with Crippen molar-refractivity contribution in [2.75, 3.05) is 16.4 Å². The summed E-state index contributed by atoms with van der Waals surface area (Å²) in [7, 11) is -3.22. The van der Waals surface area contributed by atoms with E-state index in [1.54, 1.807) is 12.1 Å². The van der Waals surface area contributed by atoms with E-state index in [1.165, 1.54) is 6.08 Å². The van der Waals surface area contributed by atoms with Crippen LogP contribution in [-0.4, -0.2) is 32.2 Å². The minimum absolute atomic E-state index is 0.0218. The number of hydrogen-bond donors (Lipinski definition) is 3. The molecule has 8 heteroatoms. The number of rotatable bonds is 4. The van der Waals surface area contributed by atoms with Crippen LogP contribution in [0.25, 0.3) is 0 Å². The molecule has 3 N–H and O–H groups in total. The number of amides is 3. The van der Waals surface area contributed by atoms with E-state index in [0.29, 0.717) is 11.4 Å². The molecule has 1 atom stereocenters. The van der Waals surface area contributed by atoms with Gasteiger partial charge in [-0.2, -0.15) is 0 Å². The van der Waals surface area contributed by atoms with Gasteiger partial charge in [-0.25, -0.2) is 13.2 Å². The van der Waals surface area contributed by atoms with Gasteiger partial charge in [0.1, 0.15) is 0 Å². The number of benzene rings is 1. The molecule has 2 aliphatic rings. The smallest absolute Gasteiger partial charge is 0.319 e. The highest BCUT2D eigenvalue weighted by atomic mass is 32.2. The van der Waals surface area contributed by atoms with Crippen LogP contribution in [0.2, 0.25) is 0 Å². The zero-order valence-corrected chi connectivity index (χ0v) is 15.4. The van der Waals surface area contributed by atoms with E-state index >= 15 is 0 Å². The summed E-state index contributed by atoms with van der Waals surface area (Å²) in [6, 6.07) is 4.24. The van der Waals surface area contributed by atoms with Gasteiger partial charge < -0.3 is 16.0 Å². The Kier molecular flexibility index (Phi) is 5.31. The summed E-state index contributed by atoms with van der Waals surface area (Å²) < 4.78 is 22.8. The lowest BCUT2D eigenvalue weighted by Gasteiger charge is -2.15. The molecule has 0 saturated heterocycles.